The zero-order valence-electron chi connectivity index (χ0n) is 9.85. The van der Waals surface area contributed by atoms with E-state index in [2.05, 4.69) is 18.8 Å². The highest BCUT2D eigenvalue weighted by molar-refractivity contribution is 5.96. The zero-order valence-corrected chi connectivity index (χ0v) is 9.85. The van der Waals surface area contributed by atoms with Gasteiger partial charge >= 0.3 is 0 Å². The number of hydrogen-bond donors (Lipinski definition) is 0. The number of imidazole rings is 1. The summed E-state index contributed by atoms with van der Waals surface area (Å²) < 4.78 is 7.39. The molecule has 1 aromatic rings. The number of nitrogens with zero attached hydrogens (tertiary/aromatic N) is 2. The molecule has 0 bridgehead atoms. The van der Waals surface area contributed by atoms with Crippen LogP contribution in [0, 0.1) is 5.92 Å². The van der Waals surface area contributed by atoms with E-state index in [0.717, 1.165) is 19.4 Å². The molecule has 2 heterocycles. The smallest absolute Gasteiger partial charge is 0.227 e. The Morgan fingerprint density at radius 1 is 1.69 bits per heavy atom. The van der Waals surface area contributed by atoms with Crippen molar-refractivity contribution in [1.29, 1.82) is 0 Å². The van der Waals surface area contributed by atoms with Gasteiger partial charge in [-0.2, -0.15) is 0 Å². The molecule has 16 heavy (non-hydrogen) atoms. The lowest BCUT2D eigenvalue weighted by atomic mass is 10.0. The Hall–Kier alpha value is -1.16. The molecule has 1 aromatic heterocycles. The molecule has 2 atom stereocenters. The topological polar surface area (TPSA) is 44.1 Å². The van der Waals surface area contributed by atoms with Gasteiger partial charge < -0.3 is 9.30 Å². The van der Waals surface area contributed by atoms with Crippen LogP contribution in [-0.2, 0) is 11.3 Å². The number of aryl methyl sites for hydroxylation is 1. The summed E-state index contributed by atoms with van der Waals surface area (Å²) >= 11 is 0. The minimum Gasteiger partial charge on any atom is -0.370 e. The van der Waals surface area contributed by atoms with Gasteiger partial charge in [-0.05, 0) is 18.8 Å². The fraction of sp³-hybridized carbons (Fsp3) is 0.667. The van der Waals surface area contributed by atoms with Crippen molar-refractivity contribution in [3.05, 3.63) is 18.2 Å². The van der Waals surface area contributed by atoms with Crippen LogP contribution in [0.5, 0.6) is 0 Å². The summed E-state index contributed by atoms with van der Waals surface area (Å²) in [4.78, 5) is 16.4. The van der Waals surface area contributed by atoms with Crippen LogP contribution >= 0.6 is 0 Å². The van der Waals surface area contributed by atoms with E-state index in [1.807, 2.05) is 10.8 Å². The first-order chi connectivity index (χ1) is 7.74. The van der Waals surface area contributed by atoms with Crippen LogP contribution in [0.2, 0.25) is 0 Å². The van der Waals surface area contributed by atoms with Crippen LogP contribution in [0.1, 0.15) is 37.3 Å². The van der Waals surface area contributed by atoms with Gasteiger partial charge in [-0.3, -0.25) is 4.79 Å². The van der Waals surface area contributed by atoms with Gasteiger partial charge in [0, 0.05) is 25.5 Å². The molecule has 0 spiro atoms. The Balaban J connectivity index is 2.16. The van der Waals surface area contributed by atoms with Gasteiger partial charge in [-0.25, -0.2) is 4.98 Å². The molecule has 88 valence electrons. The van der Waals surface area contributed by atoms with Gasteiger partial charge in [0.2, 0.25) is 5.78 Å². The Bertz CT molecular complexity index is 373. The molecule has 0 aliphatic carbocycles. The fourth-order valence-corrected chi connectivity index (χ4v) is 2.11. The van der Waals surface area contributed by atoms with Crippen molar-refractivity contribution in [1.82, 2.24) is 9.55 Å². The van der Waals surface area contributed by atoms with Gasteiger partial charge in [0.1, 0.15) is 6.10 Å². The predicted molar refractivity (Wildman–Crippen MR) is 60.4 cm³/mol. The summed E-state index contributed by atoms with van der Waals surface area (Å²) in [5, 5.41) is 0. The van der Waals surface area contributed by atoms with Crippen molar-refractivity contribution in [3.63, 3.8) is 0 Å². The Labute approximate surface area is 95.6 Å². The fourth-order valence-electron chi connectivity index (χ4n) is 2.11. The van der Waals surface area contributed by atoms with Gasteiger partial charge in [0.05, 0.1) is 0 Å². The Kier molecular flexibility index (Phi) is 3.39. The molecule has 1 saturated heterocycles. The van der Waals surface area contributed by atoms with Crippen LogP contribution in [0.3, 0.4) is 0 Å². The maximum atomic E-state index is 12.2. The lowest BCUT2D eigenvalue weighted by Crippen LogP contribution is -2.28. The maximum absolute atomic E-state index is 12.2. The van der Waals surface area contributed by atoms with Gasteiger partial charge in [0.25, 0.3) is 0 Å². The van der Waals surface area contributed by atoms with E-state index in [9.17, 15) is 4.79 Å². The van der Waals surface area contributed by atoms with Gasteiger partial charge in [0.15, 0.2) is 5.82 Å². The second kappa shape index (κ2) is 4.78. The molecular formula is C12H18N2O2. The summed E-state index contributed by atoms with van der Waals surface area (Å²) in [5.41, 5.74) is 0. The molecule has 0 aromatic carbocycles. The minimum absolute atomic E-state index is 0.0310. The molecule has 0 N–H and O–H groups in total. The number of ether oxygens (including phenoxy) is 1. The average Bonchev–Trinajstić information content (AvgIpc) is 2.87. The summed E-state index contributed by atoms with van der Waals surface area (Å²) in [6.07, 6.45) is 5.21. The first kappa shape index (κ1) is 11.3. The summed E-state index contributed by atoms with van der Waals surface area (Å²) in [7, 11) is 0. The quantitative estimate of drug-likeness (QED) is 0.731. The molecule has 1 aliphatic heterocycles. The third-order valence-corrected chi connectivity index (χ3v) is 3.05. The van der Waals surface area contributed by atoms with Crippen LogP contribution < -0.4 is 0 Å². The molecule has 0 amide bonds. The summed E-state index contributed by atoms with van der Waals surface area (Å²) in [6.45, 7) is 5.67. The minimum atomic E-state index is -0.294. The highest BCUT2D eigenvalue weighted by Gasteiger charge is 2.33. The van der Waals surface area contributed by atoms with Crippen molar-refractivity contribution >= 4 is 5.78 Å². The molecule has 4 heteroatoms. The molecule has 0 radical (unpaired) electrons. The molecule has 2 unspecified atom stereocenters. The van der Waals surface area contributed by atoms with Gasteiger partial charge in [-0.1, -0.05) is 13.8 Å². The van der Waals surface area contributed by atoms with Crippen LogP contribution in [0.25, 0.3) is 0 Å². The second-order valence-electron chi connectivity index (χ2n) is 4.37. The van der Waals surface area contributed by atoms with Crippen molar-refractivity contribution in [2.24, 2.45) is 5.92 Å². The maximum Gasteiger partial charge on any atom is 0.227 e. The van der Waals surface area contributed by atoms with Crippen LogP contribution in [0.4, 0.5) is 0 Å². The van der Waals surface area contributed by atoms with E-state index < -0.39 is 0 Å². The Morgan fingerprint density at radius 2 is 2.50 bits per heavy atom. The molecule has 0 saturated carbocycles. The normalized spacial score (nSPS) is 24.9. The SMILES string of the molecule is CCCn1ccnc1C(=O)C1OCCC1C. The number of aromatic nitrogens is 2. The number of carbonyl (C=O) groups is 1. The second-order valence-corrected chi connectivity index (χ2v) is 4.37. The number of Topliss-reactive ketones (excluding diaryl/α,β-unsaturated/α-hetero) is 1. The van der Waals surface area contributed by atoms with Crippen molar-refractivity contribution in [2.75, 3.05) is 6.61 Å². The molecule has 1 aliphatic rings. The largest absolute Gasteiger partial charge is 0.370 e. The van der Waals surface area contributed by atoms with E-state index in [4.69, 9.17) is 4.74 Å². The summed E-state index contributed by atoms with van der Waals surface area (Å²) in [5.74, 6) is 0.878. The number of rotatable bonds is 4. The van der Waals surface area contributed by atoms with E-state index in [-0.39, 0.29) is 11.9 Å². The number of hydrogen-bond acceptors (Lipinski definition) is 3. The van der Waals surface area contributed by atoms with Crippen LogP contribution in [0.15, 0.2) is 12.4 Å². The Morgan fingerprint density at radius 3 is 3.12 bits per heavy atom. The van der Waals surface area contributed by atoms with Crippen molar-refractivity contribution in [2.45, 2.75) is 39.3 Å². The van der Waals surface area contributed by atoms with E-state index in [0.29, 0.717) is 18.3 Å². The van der Waals surface area contributed by atoms with E-state index in [1.54, 1.807) is 6.20 Å². The number of carbonyl (C=O) groups excluding carboxylic acids is 1. The first-order valence-corrected chi connectivity index (χ1v) is 5.91. The lowest BCUT2D eigenvalue weighted by Gasteiger charge is -2.13. The zero-order chi connectivity index (χ0) is 11.5. The standard InChI is InChI=1S/C12H18N2O2/c1-3-6-14-7-5-13-12(14)10(15)11-9(2)4-8-16-11/h5,7,9,11H,3-4,6,8H2,1-2H3. The van der Waals surface area contributed by atoms with Crippen LogP contribution in [-0.4, -0.2) is 28.0 Å². The summed E-state index contributed by atoms with van der Waals surface area (Å²) in [6, 6.07) is 0. The van der Waals surface area contributed by atoms with Crippen molar-refractivity contribution < 1.29 is 9.53 Å². The average molecular weight is 222 g/mol. The molecular weight excluding hydrogens is 204 g/mol. The van der Waals surface area contributed by atoms with E-state index >= 15 is 0 Å². The predicted octanol–water partition coefficient (Wildman–Crippen LogP) is 1.90. The highest BCUT2D eigenvalue weighted by Crippen LogP contribution is 2.23. The van der Waals surface area contributed by atoms with E-state index in [1.165, 1.54) is 0 Å². The number of ketones is 1. The lowest BCUT2D eigenvalue weighted by molar-refractivity contribution is 0.0564. The van der Waals surface area contributed by atoms with Gasteiger partial charge in [-0.15, -0.1) is 0 Å². The third kappa shape index (κ3) is 2.02. The third-order valence-electron chi connectivity index (χ3n) is 3.05. The molecule has 2 rings (SSSR count). The first-order valence-electron chi connectivity index (χ1n) is 5.91. The van der Waals surface area contributed by atoms with Crippen molar-refractivity contribution in [3.8, 4) is 0 Å². The monoisotopic (exact) mass is 222 g/mol. The molecule has 1 fully saturated rings. The molecule has 4 nitrogen and oxygen atoms in total. The highest BCUT2D eigenvalue weighted by atomic mass is 16.5.